The molecule has 0 saturated carbocycles. The maximum absolute atomic E-state index is 12.3. The highest BCUT2D eigenvalue weighted by atomic mass is 35.5. The zero-order valence-electron chi connectivity index (χ0n) is 13.1. The predicted octanol–water partition coefficient (Wildman–Crippen LogP) is 4.59. The van der Waals surface area contributed by atoms with Crippen molar-refractivity contribution in [3.05, 3.63) is 75.4 Å². The van der Waals surface area contributed by atoms with E-state index in [9.17, 15) is 14.9 Å². The lowest BCUT2D eigenvalue weighted by atomic mass is 10.1. The first-order valence-electron chi connectivity index (χ1n) is 7.34. The summed E-state index contributed by atoms with van der Waals surface area (Å²) < 4.78 is 10.8. The monoisotopic (exact) mass is 360 g/mol. The number of amides is 1. The van der Waals surface area contributed by atoms with Gasteiger partial charge in [-0.2, -0.15) is 0 Å². The fourth-order valence-electron chi connectivity index (χ4n) is 2.30. The van der Waals surface area contributed by atoms with Gasteiger partial charge in [-0.1, -0.05) is 11.6 Å². The Balaban J connectivity index is 1.78. The molecule has 2 heterocycles. The summed E-state index contributed by atoms with van der Waals surface area (Å²) >= 11 is 6.07. The molecule has 25 heavy (non-hydrogen) atoms. The molecule has 7 nitrogen and oxygen atoms in total. The number of benzene rings is 1. The average Bonchev–Trinajstić information content (AvgIpc) is 3.26. The maximum atomic E-state index is 12.3. The molecule has 0 radical (unpaired) electrons. The normalized spacial score (nSPS) is 11.9. The third-order valence-electron chi connectivity index (χ3n) is 3.58. The van der Waals surface area contributed by atoms with Crippen LogP contribution in [-0.2, 0) is 0 Å². The molecule has 2 aromatic heterocycles. The second-order valence-electron chi connectivity index (χ2n) is 5.30. The standard InChI is InChI=1S/C17H13ClN2O5/c1-10(14-3-2-8-24-14)19-17(21)16-7-6-15(25-16)12-5-4-11(20(22)23)9-13(12)18/h2-10H,1H3,(H,19,21)/t10-/m0/s1. The van der Waals surface area contributed by atoms with Crippen LogP contribution in [0.15, 0.2) is 57.6 Å². The maximum Gasteiger partial charge on any atom is 0.287 e. The minimum absolute atomic E-state index is 0.0998. The zero-order chi connectivity index (χ0) is 18.0. The van der Waals surface area contributed by atoms with Crippen LogP contribution < -0.4 is 5.32 Å². The lowest BCUT2D eigenvalue weighted by molar-refractivity contribution is -0.384. The predicted molar refractivity (Wildman–Crippen MR) is 90.4 cm³/mol. The Labute approximate surface area is 147 Å². The van der Waals surface area contributed by atoms with E-state index in [0.29, 0.717) is 17.1 Å². The van der Waals surface area contributed by atoms with Crippen molar-refractivity contribution in [2.45, 2.75) is 13.0 Å². The number of halogens is 1. The first-order chi connectivity index (χ1) is 12.0. The first kappa shape index (κ1) is 16.8. The molecule has 1 N–H and O–H groups in total. The summed E-state index contributed by atoms with van der Waals surface area (Å²) in [5, 5.41) is 13.7. The number of hydrogen-bond acceptors (Lipinski definition) is 5. The van der Waals surface area contributed by atoms with Crippen LogP contribution in [0.3, 0.4) is 0 Å². The van der Waals surface area contributed by atoms with Gasteiger partial charge in [0.25, 0.3) is 11.6 Å². The Morgan fingerprint density at radius 3 is 2.72 bits per heavy atom. The highest BCUT2D eigenvalue weighted by molar-refractivity contribution is 6.33. The van der Waals surface area contributed by atoms with Crippen molar-refractivity contribution in [3.63, 3.8) is 0 Å². The zero-order valence-corrected chi connectivity index (χ0v) is 13.8. The van der Waals surface area contributed by atoms with E-state index in [4.69, 9.17) is 20.4 Å². The van der Waals surface area contributed by atoms with Crippen molar-refractivity contribution in [3.8, 4) is 11.3 Å². The third kappa shape index (κ3) is 3.56. The number of hydrogen-bond donors (Lipinski definition) is 1. The Morgan fingerprint density at radius 2 is 2.08 bits per heavy atom. The van der Waals surface area contributed by atoms with Crippen LogP contribution in [-0.4, -0.2) is 10.8 Å². The van der Waals surface area contributed by atoms with Crippen molar-refractivity contribution in [2.24, 2.45) is 0 Å². The van der Waals surface area contributed by atoms with Gasteiger partial charge in [-0.3, -0.25) is 14.9 Å². The molecule has 0 aliphatic heterocycles. The Hall–Kier alpha value is -3.06. The summed E-state index contributed by atoms with van der Waals surface area (Å²) in [6.07, 6.45) is 1.53. The molecule has 0 aliphatic carbocycles. The SMILES string of the molecule is C[C@H](NC(=O)c1ccc(-c2ccc([N+](=O)[O-])cc2Cl)o1)c1ccco1. The molecule has 128 valence electrons. The lowest BCUT2D eigenvalue weighted by Gasteiger charge is -2.09. The second-order valence-corrected chi connectivity index (χ2v) is 5.70. The van der Waals surface area contributed by atoms with Gasteiger partial charge in [0.2, 0.25) is 0 Å². The minimum atomic E-state index is -0.535. The van der Waals surface area contributed by atoms with Gasteiger partial charge in [0.15, 0.2) is 5.76 Å². The number of nitro benzene ring substituents is 1. The van der Waals surface area contributed by atoms with E-state index in [1.807, 2.05) is 0 Å². The van der Waals surface area contributed by atoms with Crippen molar-refractivity contribution in [2.75, 3.05) is 0 Å². The number of rotatable bonds is 5. The van der Waals surface area contributed by atoms with Crippen LogP contribution in [0.4, 0.5) is 5.69 Å². The average molecular weight is 361 g/mol. The third-order valence-corrected chi connectivity index (χ3v) is 3.89. The second kappa shape index (κ2) is 6.82. The quantitative estimate of drug-likeness (QED) is 0.530. The molecule has 1 amide bonds. The molecule has 3 aromatic rings. The van der Waals surface area contributed by atoms with Crippen molar-refractivity contribution >= 4 is 23.2 Å². The fraction of sp³-hybridized carbons (Fsp3) is 0.118. The molecule has 1 atom stereocenters. The summed E-state index contributed by atoms with van der Waals surface area (Å²) in [7, 11) is 0. The molecular formula is C17H13ClN2O5. The molecular weight excluding hydrogens is 348 g/mol. The summed E-state index contributed by atoms with van der Waals surface area (Å²) in [5.74, 6) is 0.658. The van der Waals surface area contributed by atoms with Crippen LogP contribution in [0.5, 0.6) is 0 Å². The van der Waals surface area contributed by atoms with Gasteiger partial charge >= 0.3 is 0 Å². The number of nitro groups is 1. The van der Waals surface area contributed by atoms with Gasteiger partial charge in [0.05, 0.1) is 22.3 Å². The van der Waals surface area contributed by atoms with Crippen molar-refractivity contribution in [1.82, 2.24) is 5.32 Å². The summed E-state index contributed by atoms with van der Waals surface area (Å²) in [6.45, 7) is 1.79. The number of carbonyl (C=O) groups is 1. The van der Waals surface area contributed by atoms with E-state index < -0.39 is 10.8 Å². The van der Waals surface area contributed by atoms with Crippen molar-refractivity contribution < 1.29 is 18.6 Å². The van der Waals surface area contributed by atoms with Crippen LogP contribution in [0.2, 0.25) is 5.02 Å². The van der Waals surface area contributed by atoms with E-state index in [1.54, 1.807) is 25.1 Å². The largest absolute Gasteiger partial charge is 0.467 e. The summed E-state index contributed by atoms with van der Waals surface area (Å²) in [4.78, 5) is 22.5. The van der Waals surface area contributed by atoms with E-state index in [0.717, 1.165) is 0 Å². The van der Waals surface area contributed by atoms with E-state index >= 15 is 0 Å². The van der Waals surface area contributed by atoms with Gasteiger partial charge < -0.3 is 14.2 Å². The first-order valence-corrected chi connectivity index (χ1v) is 7.72. The lowest BCUT2D eigenvalue weighted by Crippen LogP contribution is -2.25. The topological polar surface area (TPSA) is 98.5 Å². The van der Waals surface area contributed by atoms with E-state index in [-0.39, 0.29) is 22.5 Å². The highest BCUT2D eigenvalue weighted by Crippen LogP contribution is 2.32. The number of nitrogens with one attached hydrogen (secondary N) is 1. The molecule has 3 rings (SSSR count). The van der Waals surface area contributed by atoms with Gasteiger partial charge in [-0.15, -0.1) is 0 Å². The van der Waals surface area contributed by atoms with Crippen LogP contribution in [0.25, 0.3) is 11.3 Å². The molecule has 8 heteroatoms. The van der Waals surface area contributed by atoms with E-state index in [2.05, 4.69) is 5.32 Å². The molecule has 1 aromatic carbocycles. The molecule has 0 spiro atoms. The Kier molecular flexibility index (Phi) is 4.58. The molecule has 0 bridgehead atoms. The highest BCUT2D eigenvalue weighted by Gasteiger charge is 2.18. The molecule has 0 saturated heterocycles. The number of nitrogens with zero attached hydrogens (tertiary/aromatic N) is 1. The number of non-ortho nitro benzene ring substituents is 1. The number of furan rings is 2. The summed E-state index contributed by atoms with van der Waals surface area (Å²) in [6, 6.07) is 10.3. The van der Waals surface area contributed by atoms with Crippen LogP contribution in [0.1, 0.15) is 29.3 Å². The fourth-order valence-corrected chi connectivity index (χ4v) is 2.57. The van der Waals surface area contributed by atoms with Gasteiger partial charge in [-0.25, -0.2) is 0 Å². The minimum Gasteiger partial charge on any atom is -0.467 e. The van der Waals surface area contributed by atoms with E-state index in [1.165, 1.54) is 30.5 Å². The molecule has 0 unspecified atom stereocenters. The Morgan fingerprint density at radius 1 is 1.28 bits per heavy atom. The van der Waals surface area contributed by atoms with Gasteiger partial charge in [0, 0.05) is 17.7 Å². The van der Waals surface area contributed by atoms with Crippen molar-refractivity contribution in [1.29, 1.82) is 0 Å². The number of carbonyl (C=O) groups excluding carboxylic acids is 1. The van der Waals surface area contributed by atoms with Gasteiger partial charge in [0.1, 0.15) is 11.5 Å². The smallest absolute Gasteiger partial charge is 0.287 e. The summed E-state index contributed by atoms with van der Waals surface area (Å²) in [5.41, 5.74) is 0.343. The van der Waals surface area contributed by atoms with Gasteiger partial charge in [-0.05, 0) is 37.3 Å². The Bertz CT molecular complexity index is 917. The molecule has 0 aliphatic rings. The van der Waals surface area contributed by atoms with Crippen LogP contribution in [0, 0.1) is 10.1 Å². The van der Waals surface area contributed by atoms with Crippen LogP contribution >= 0.6 is 11.6 Å². The molecule has 0 fully saturated rings.